The molecule has 0 saturated heterocycles. The summed E-state index contributed by atoms with van der Waals surface area (Å²) in [6.07, 6.45) is 5.07. The van der Waals surface area contributed by atoms with Gasteiger partial charge in [-0.2, -0.15) is 4.98 Å². The van der Waals surface area contributed by atoms with E-state index in [2.05, 4.69) is 9.97 Å². The van der Waals surface area contributed by atoms with E-state index in [0.717, 1.165) is 25.7 Å². The summed E-state index contributed by atoms with van der Waals surface area (Å²) < 4.78 is 32.7. The monoisotopic (exact) mass is 525 g/mol. The second-order valence-electron chi connectivity index (χ2n) is 8.83. The normalized spacial score (nSPS) is 13.7. The van der Waals surface area contributed by atoms with E-state index in [-0.39, 0.29) is 34.4 Å². The number of rotatable bonds is 7. The molecule has 3 aromatic heterocycles. The Kier molecular flexibility index (Phi) is 6.88. The van der Waals surface area contributed by atoms with E-state index in [1.807, 2.05) is 0 Å². The fraction of sp³-hybridized carbons (Fsp3) is 0.296. The number of para-hydroxylation sites is 1. The third-order valence-corrected chi connectivity index (χ3v) is 6.78. The van der Waals surface area contributed by atoms with E-state index in [0.29, 0.717) is 28.8 Å². The van der Waals surface area contributed by atoms with Gasteiger partial charge in [0.15, 0.2) is 0 Å². The minimum atomic E-state index is -0.568. The summed E-state index contributed by atoms with van der Waals surface area (Å²) in [5, 5.41) is 11.1. The summed E-state index contributed by atoms with van der Waals surface area (Å²) in [6.45, 7) is 0. The van der Waals surface area contributed by atoms with Gasteiger partial charge in [-0.1, -0.05) is 30.5 Å². The molecule has 8 nitrogen and oxygen atoms in total. The Morgan fingerprint density at radius 3 is 2.51 bits per heavy atom. The van der Waals surface area contributed by atoms with E-state index in [9.17, 15) is 14.3 Å². The lowest BCUT2D eigenvalue weighted by molar-refractivity contribution is 0.387. The van der Waals surface area contributed by atoms with E-state index < -0.39 is 17.3 Å². The number of pyridine rings is 1. The average Bonchev–Trinajstić information content (AvgIpc) is 3.58. The van der Waals surface area contributed by atoms with Crippen molar-refractivity contribution >= 4 is 11.6 Å². The zero-order valence-corrected chi connectivity index (χ0v) is 21.1. The van der Waals surface area contributed by atoms with Crippen LogP contribution >= 0.6 is 11.6 Å². The zero-order chi connectivity index (χ0) is 26.1. The molecule has 1 aliphatic rings. The number of aromatic hydroxyl groups is 1. The van der Waals surface area contributed by atoms with E-state index >= 15 is 0 Å². The van der Waals surface area contributed by atoms with E-state index in [1.54, 1.807) is 30.3 Å². The molecule has 0 amide bonds. The summed E-state index contributed by atoms with van der Waals surface area (Å²) in [4.78, 5) is 22.6. The molecule has 10 heteroatoms. The van der Waals surface area contributed by atoms with Gasteiger partial charge >= 0.3 is 0 Å². The molecule has 1 aliphatic carbocycles. The number of nitrogens with zero attached hydrogens (tertiary/aromatic N) is 3. The van der Waals surface area contributed by atoms with Crippen molar-refractivity contribution < 1.29 is 23.4 Å². The highest BCUT2D eigenvalue weighted by Gasteiger charge is 2.30. The number of aromatic nitrogens is 3. The smallest absolute Gasteiger partial charge is 0.273 e. The number of halogens is 2. The van der Waals surface area contributed by atoms with Crippen LogP contribution in [0.5, 0.6) is 17.4 Å². The summed E-state index contributed by atoms with van der Waals surface area (Å²) in [6, 6.07) is 9.54. The van der Waals surface area contributed by atoms with Gasteiger partial charge in [0, 0.05) is 12.1 Å². The van der Waals surface area contributed by atoms with Crippen molar-refractivity contribution in [3.8, 4) is 34.4 Å². The maximum Gasteiger partial charge on any atom is 0.273 e. The number of ether oxygens (including phenoxy) is 2. The highest BCUT2D eigenvalue weighted by molar-refractivity contribution is 6.30. The van der Waals surface area contributed by atoms with Crippen LogP contribution in [0.1, 0.15) is 48.9 Å². The highest BCUT2D eigenvalue weighted by Crippen LogP contribution is 2.40. The van der Waals surface area contributed by atoms with Gasteiger partial charge in [-0.3, -0.25) is 14.3 Å². The van der Waals surface area contributed by atoms with Crippen LogP contribution in [0, 0.1) is 5.82 Å². The Hall–Kier alpha value is -3.85. The second-order valence-corrected chi connectivity index (χ2v) is 9.26. The average molecular weight is 526 g/mol. The quantitative estimate of drug-likeness (QED) is 0.333. The molecule has 37 heavy (non-hydrogen) atoms. The first-order valence-corrected chi connectivity index (χ1v) is 12.2. The molecule has 0 aliphatic heterocycles. The summed E-state index contributed by atoms with van der Waals surface area (Å²) >= 11 is 5.79. The molecular formula is C27H25ClFN3O5. The molecule has 0 spiro atoms. The van der Waals surface area contributed by atoms with Crippen LogP contribution in [0.3, 0.4) is 0 Å². The maximum atomic E-state index is 14.3. The molecular weight excluding hydrogens is 501 g/mol. The lowest BCUT2D eigenvalue weighted by Crippen LogP contribution is -2.27. The summed E-state index contributed by atoms with van der Waals surface area (Å²) in [5.41, 5.74) is -0.118. The van der Waals surface area contributed by atoms with Crippen LogP contribution in [0.15, 0.2) is 51.8 Å². The van der Waals surface area contributed by atoms with Gasteiger partial charge in [0.1, 0.15) is 45.9 Å². The number of methoxy groups -OCH3 is 2. The molecule has 1 aromatic carbocycles. The summed E-state index contributed by atoms with van der Waals surface area (Å²) in [7, 11) is 3.02. The fourth-order valence-corrected chi connectivity index (χ4v) is 4.96. The SMILES string of the molecule is COc1cccc(OC)c1-n1c(C2CCCC2)nc(O)c(-c2ccc(Cc3ncc(Cl)cc3F)o2)c1=O. The van der Waals surface area contributed by atoms with Gasteiger partial charge < -0.3 is 19.0 Å². The topological polar surface area (TPSA) is 99.6 Å². The Bertz CT molecular complexity index is 1490. The Morgan fingerprint density at radius 1 is 1.16 bits per heavy atom. The Morgan fingerprint density at radius 2 is 1.86 bits per heavy atom. The summed E-state index contributed by atoms with van der Waals surface area (Å²) in [5.74, 6) is 0.699. The van der Waals surface area contributed by atoms with Crippen molar-refractivity contribution in [3.05, 3.63) is 81.1 Å². The standard InChI is InChI=1S/C27H25ClFN3O5/c1-35-21-8-5-9-22(36-2)24(21)32-25(15-6-3-4-7-15)31-26(33)23(27(32)34)20-11-10-17(37-20)13-19-18(29)12-16(28)14-30-19/h5,8-12,14-15,33H,3-4,6-7,13H2,1-2H3. The van der Waals surface area contributed by atoms with E-state index in [1.165, 1.54) is 31.0 Å². The Labute approximate surface area is 217 Å². The van der Waals surface area contributed by atoms with Crippen molar-refractivity contribution in [2.24, 2.45) is 0 Å². The first kappa shape index (κ1) is 24.8. The van der Waals surface area contributed by atoms with Gasteiger partial charge in [-0.15, -0.1) is 0 Å². The largest absolute Gasteiger partial charge is 0.494 e. The number of hydrogen-bond donors (Lipinski definition) is 1. The van der Waals surface area contributed by atoms with Crippen LogP contribution in [0.2, 0.25) is 5.02 Å². The predicted octanol–water partition coefficient (Wildman–Crippen LogP) is 5.65. The van der Waals surface area contributed by atoms with Crippen LogP contribution in [0.25, 0.3) is 17.0 Å². The minimum absolute atomic E-state index is 0.0200. The minimum Gasteiger partial charge on any atom is -0.494 e. The molecule has 3 heterocycles. The molecule has 0 bridgehead atoms. The molecule has 1 N–H and O–H groups in total. The number of benzene rings is 1. The molecule has 0 radical (unpaired) electrons. The van der Waals surface area contributed by atoms with Crippen LogP contribution < -0.4 is 15.0 Å². The third kappa shape index (κ3) is 4.67. The van der Waals surface area contributed by atoms with Crippen LogP contribution in [-0.2, 0) is 6.42 Å². The number of hydrogen-bond acceptors (Lipinski definition) is 7. The lowest BCUT2D eigenvalue weighted by atomic mass is 10.1. The Balaban J connectivity index is 1.66. The third-order valence-electron chi connectivity index (χ3n) is 6.57. The van der Waals surface area contributed by atoms with Crippen molar-refractivity contribution in [2.75, 3.05) is 14.2 Å². The first-order valence-electron chi connectivity index (χ1n) is 11.9. The van der Waals surface area contributed by atoms with Crippen molar-refractivity contribution in [3.63, 3.8) is 0 Å². The van der Waals surface area contributed by atoms with Gasteiger partial charge in [-0.25, -0.2) is 4.39 Å². The zero-order valence-electron chi connectivity index (χ0n) is 20.3. The lowest BCUT2D eigenvalue weighted by Gasteiger charge is -2.21. The van der Waals surface area contributed by atoms with Crippen LogP contribution in [0.4, 0.5) is 4.39 Å². The van der Waals surface area contributed by atoms with Crippen molar-refractivity contribution in [1.82, 2.24) is 14.5 Å². The van der Waals surface area contributed by atoms with Gasteiger partial charge in [0.25, 0.3) is 5.56 Å². The van der Waals surface area contributed by atoms with Crippen LogP contribution in [-0.4, -0.2) is 33.9 Å². The highest BCUT2D eigenvalue weighted by atomic mass is 35.5. The van der Waals surface area contributed by atoms with Crippen molar-refractivity contribution in [2.45, 2.75) is 38.0 Å². The number of furan rings is 1. The van der Waals surface area contributed by atoms with Gasteiger partial charge in [0.05, 0.1) is 31.4 Å². The fourth-order valence-electron chi connectivity index (χ4n) is 4.81. The molecule has 5 rings (SSSR count). The predicted molar refractivity (Wildman–Crippen MR) is 136 cm³/mol. The first-order chi connectivity index (χ1) is 17.9. The molecule has 1 saturated carbocycles. The molecule has 4 aromatic rings. The molecule has 0 unspecified atom stereocenters. The van der Waals surface area contributed by atoms with Crippen molar-refractivity contribution in [1.29, 1.82) is 0 Å². The molecule has 1 fully saturated rings. The molecule has 192 valence electrons. The second kappa shape index (κ2) is 10.3. The van der Waals surface area contributed by atoms with Gasteiger partial charge in [0.2, 0.25) is 5.88 Å². The maximum absolute atomic E-state index is 14.3. The van der Waals surface area contributed by atoms with Gasteiger partial charge in [-0.05, 0) is 43.2 Å². The molecule has 0 atom stereocenters. The van der Waals surface area contributed by atoms with E-state index in [4.69, 9.17) is 25.5 Å².